The minimum absolute atomic E-state index is 0. The van der Waals surface area contributed by atoms with Gasteiger partial charge in [0, 0.05) is 44.1 Å². The van der Waals surface area contributed by atoms with Crippen molar-refractivity contribution in [1.82, 2.24) is 14.8 Å². The van der Waals surface area contributed by atoms with E-state index in [4.69, 9.17) is 9.47 Å². The lowest BCUT2D eigenvalue weighted by molar-refractivity contribution is 0.0712. The smallest absolute Gasteiger partial charge is 0.254 e. The Morgan fingerprint density at radius 3 is 2.61 bits per heavy atom. The van der Waals surface area contributed by atoms with Gasteiger partial charge in [-0.3, -0.25) is 14.7 Å². The number of halogens is 2. The number of rotatable bonds is 4. The molecule has 0 spiro atoms. The Hall–Kier alpha value is -2.10. The highest BCUT2D eigenvalue weighted by molar-refractivity contribution is 5.97. The van der Waals surface area contributed by atoms with Gasteiger partial charge in [-0.1, -0.05) is 6.07 Å². The van der Waals surface area contributed by atoms with Gasteiger partial charge in [0.25, 0.3) is 5.91 Å². The molecule has 8 nitrogen and oxygen atoms in total. The first-order valence-electron chi connectivity index (χ1n) is 9.59. The van der Waals surface area contributed by atoms with Crippen molar-refractivity contribution in [3.05, 3.63) is 53.3 Å². The van der Waals surface area contributed by atoms with Crippen molar-refractivity contribution in [2.24, 2.45) is 5.92 Å². The van der Waals surface area contributed by atoms with Gasteiger partial charge in [-0.2, -0.15) is 0 Å². The molecule has 0 bridgehead atoms. The van der Waals surface area contributed by atoms with Gasteiger partial charge in [0.2, 0.25) is 6.79 Å². The largest absolute Gasteiger partial charge is 0.454 e. The minimum atomic E-state index is 0. The Morgan fingerprint density at radius 1 is 1.10 bits per heavy atom. The van der Waals surface area contributed by atoms with Crippen LogP contribution in [0.2, 0.25) is 0 Å². The zero-order valence-electron chi connectivity index (χ0n) is 17.1. The fourth-order valence-corrected chi connectivity index (χ4v) is 4.36. The van der Waals surface area contributed by atoms with E-state index in [1.165, 1.54) is 5.56 Å². The molecule has 4 N–H and O–H groups in total. The Morgan fingerprint density at radius 2 is 1.87 bits per heavy atom. The lowest BCUT2D eigenvalue weighted by atomic mass is 9.97. The van der Waals surface area contributed by atoms with Crippen LogP contribution in [0.4, 0.5) is 0 Å². The van der Waals surface area contributed by atoms with Gasteiger partial charge in [0.1, 0.15) is 0 Å². The molecular formula is C21H29Cl2N3O5. The van der Waals surface area contributed by atoms with Gasteiger partial charge in [-0.15, -0.1) is 24.8 Å². The number of hydrogen-bond donors (Lipinski definition) is 0. The number of amides is 1. The number of pyridine rings is 1. The summed E-state index contributed by atoms with van der Waals surface area (Å²) in [6.07, 6.45) is 5.76. The molecule has 31 heavy (non-hydrogen) atoms. The molecule has 4 heterocycles. The van der Waals surface area contributed by atoms with Crippen molar-refractivity contribution < 1.29 is 25.2 Å². The third-order valence-electron chi connectivity index (χ3n) is 5.74. The second-order valence-corrected chi connectivity index (χ2v) is 7.61. The number of likely N-dealkylation sites (tertiary alicyclic amines) is 1. The molecular weight excluding hydrogens is 445 g/mol. The first-order valence-corrected chi connectivity index (χ1v) is 9.59. The maximum atomic E-state index is 13.0. The standard InChI is InChI=1S/C21H23N3O3.2ClH.2H2O/c25-21-18-9-20-19(26-14-27-20)8-17(18)4-7-24(21)13-16-3-6-23(12-16)11-15-2-1-5-22-10-15;;;;/h1-2,5,8-10,16H,3-4,6-7,11-14H2;2*1H;2*1H2. The highest BCUT2D eigenvalue weighted by Gasteiger charge is 2.31. The fourth-order valence-electron chi connectivity index (χ4n) is 4.36. The summed E-state index contributed by atoms with van der Waals surface area (Å²) < 4.78 is 10.9. The van der Waals surface area contributed by atoms with Crippen LogP contribution < -0.4 is 9.47 Å². The molecule has 3 aliphatic rings. The van der Waals surface area contributed by atoms with Crippen LogP contribution in [0.15, 0.2) is 36.7 Å². The van der Waals surface area contributed by atoms with Crippen LogP contribution in [0.5, 0.6) is 11.5 Å². The monoisotopic (exact) mass is 473 g/mol. The molecule has 1 fully saturated rings. The molecule has 0 saturated carbocycles. The number of ether oxygens (including phenoxy) is 2. The van der Waals surface area contributed by atoms with Crippen molar-refractivity contribution in [2.45, 2.75) is 19.4 Å². The lowest BCUT2D eigenvalue weighted by Crippen LogP contribution is -2.41. The second-order valence-electron chi connectivity index (χ2n) is 7.61. The molecule has 1 amide bonds. The zero-order chi connectivity index (χ0) is 18.2. The number of nitrogens with zero attached hydrogens (tertiary/aromatic N) is 3. The molecule has 5 rings (SSSR count). The number of aromatic nitrogens is 1. The van der Waals surface area contributed by atoms with Crippen molar-refractivity contribution >= 4 is 30.7 Å². The highest BCUT2D eigenvalue weighted by atomic mass is 35.5. The summed E-state index contributed by atoms with van der Waals surface area (Å²) in [5.41, 5.74) is 3.10. The molecule has 2 aromatic rings. The number of fused-ring (bicyclic) bond motifs is 2. The van der Waals surface area contributed by atoms with E-state index in [2.05, 4.69) is 16.0 Å². The summed E-state index contributed by atoms with van der Waals surface area (Å²) >= 11 is 0. The third kappa shape index (κ3) is 5.58. The summed E-state index contributed by atoms with van der Waals surface area (Å²) in [4.78, 5) is 21.7. The van der Waals surface area contributed by atoms with E-state index in [0.29, 0.717) is 11.7 Å². The fraction of sp³-hybridized carbons (Fsp3) is 0.429. The second kappa shape index (κ2) is 11.5. The van der Waals surface area contributed by atoms with Gasteiger partial charge in [-0.25, -0.2) is 0 Å². The van der Waals surface area contributed by atoms with Crippen molar-refractivity contribution in [2.75, 3.05) is 33.0 Å². The van der Waals surface area contributed by atoms with Crippen molar-refractivity contribution in [3.8, 4) is 11.5 Å². The topological polar surface area (TPSA) is 118 Å². The van der Waals surface area contributed by atoms with Gasteiger partial charge >= 0.3 is 0 Å². The van der Waals surface area contributed by atoms with Crippen LogP contribution in [0.25, 0.3) is 0 Å². The van der Waals surface area contributed by atoms with Crippen LogP contribution in [0.1, 0.15) is 27.9 Å². The van der Waals surface area contributed by atoms with Crippen LogP contribution in [0.3, 0.4) is 0 Å². The summed E-state index contributed by atoms with van der Waals surface area (Å²) in [6, 6.07) is 7.93. The Balaban J connectivity index is 0.00000120. The van der Waals surface area contributed by atoms with Gasteiger partial charge in [-0.05, 0) is 54.6 Å². The molecule has 0 radical (unpaired) electrons. The summed E-state index contributed by atoms with van der Waals surface area (Å²) in [6.45, 7) is 4.90. The van der Waals surface area contributed by atoms with Crippen LogP contribution >= 0.6 is 24.8 Å². The SMILES string of the molecule is Cl.Cl.O.O.O=C1c2cc3c(cc2CCN1CC1CCN(Cc2cccnc2)C1)OCO3. The zero-order valence-corrected chi connectivity index (χ0v) is 18.7. The van der Waals surface area contributed by atoms with E-state index < -0.39 is 0 Å². The maximum absolute atomic E-state index is 13.0. The molecule has 1 atom stereocenters. The lowest BCUT2D eigenvalue weighted by Gasteiger charge is -2.31. The number of hydrogen-bond acceptors (Lipinski definition) is 5. The normalized spacial score (nSPS) is 18.8. The quantitative estimate of drug-likeness (QED) is 0.666. The van der Waals surface area contributed by atoms with Crippen LogP contribution in [0, 0.1) is 5.92 Å². The van der Waals surface area contributed by atoms with Crippen molar-refractivity contribution in [3.63, 3.8) is 0 Å². The molecule has 1 aromatic carbocycles. The molecule has 10 heteroatoms. The third-order valence-corrected chi connectivity index (χ3v) is 5.74. The van der Waals surface area contributed by atoms with Gasteiger partial charge in [0.05, 0.1) is 0 Å². The summed E-state index contributed by atoms with van der Waals surface area (Å²) in [5.74, 6) is 2.10. The Kier molecular flexibility index (Phi) is 9.99. The van der Waals surface area contributed by atoms with E-state index in [0.717, 1.165) is 62.4 Å². The minimum Gasteiger partial charge on any atom is -0.454 e. The molecule has 172 valence electrons. The van der Waals surface area contributed by atoms with E-state index in [1.807, 2.05) is 35.5 Å². The first kappa shape index (κ1) is 26.9. The van der Waals surface area contributed by atoms with Crippen LogP contribution in [-0.4, -0.2) is 64.6 Å². The predicted molar refractivity (Wildman–Crippen MR) is 122 cm³/mol. The van der Waals surface area contributed by atoms with Gasteiger partial charge in [0.15, 0.2) is 11.5 Å². The number of benzene rings is 1. The summed E-state index contributed by atoms with van der Waals surface area (Å²) in [7, 11) is 0. The average molecular weight is 474 g/mol. The molecule has 0 aliphatic carbocycles. The number of carbonyl (C=O) groups is 1. The van der Waals surface area contributed by atoms with E-state index >= 15 is 0 Å². The maximum Gasteiger partial charge on any atom is 0.254 e. The molecule has 1 aromatic heterocycles. The number of carbonyl (C=O) groups excluding carboxylic acids is 1. The van der Waals surface area contributed by atoms with E-state index in [1.54, 1.807) is 0 Å². The summed E-state index contributed by atoms with van der Waals surface area (Å²) in [5, 5.41) is 0. The van der Waals surface area contributed by atoms with Gasteiger partial charge < -0.3 is 25.3 Å². The predicted octanol–water partition coefficient (Wildman–Crippen LogP) is 1.52. The van der Waals surface area contributed by atoms with E-state index in [-0.39, 0.29) is 48.5 Å². The average Bonchev–Trinajstić information content (AvgIpc) is 3.32. The molecule has 1 unspecified atom stereocenters. The van der Waals surface area contributed by atoms with Crippen LogP contribution in [-0.2, 0) is 13.0 Å². The Labute approximate surface area is 194 Å². The van der Waals surface area contributed by atoms with E-state index in [9.17, 15) is 4.79 Å². The molecule has 1 saturated heterocycles. The Bertz CT molecular complexity index is 872. The highest BCUT2D eigenvalue weighted by Crippen LogP contribution is 2.37. The first-order chi connectivity index (χ1) is 13.3. The van der Waals surface area contributed by atoms with Crippen molar-refractivity contribution in [1.29, 1.82) is 0 Å². The molecule has 3 aliphatic heterocycles.